The number of carbonyl (C=O) groups excluding carboxylic acids is 1. The number of fused-ring (bicyclic) bond motifs is 3. The molecule has 0 unspecified atom stereocenters. The first-order valence-corrected chi connectivity index (χ1v) is 6.46. The van der Waals surface area contributed by atoms with E-state index in [4.69, 9.17) is 0 Å². The fraction of sp³-hybridized carbons (Fsp3) is 0.533. The third-order valence-corrected chi connectivity index (χ3v) is 4.57. The smallest absolute Gasteiger partial charge is 0.228 e. The van der Waals surface area contributed by atoms with E-state index in [2.05, 4.69) is 33.0 Å². The lowest BCUT2D eigenvalue weighted by Crippen LogP contribution is -2.05. The Morgan fingerprint density at radius 1 is 1.06 bits per heavy atom. The van der Waals surface area contributed by atoms with E-state index < -0.39 is 0 Å². The first-order valence-electron chi connectivity index (χ1n) is 6.46. The lowest BCUT2D eigenvalue weighted by Gasteiger charge is -2.17. The van der Waals surface area contributed by atoms with Gasteiger partial charge in [-0.1, -0.05) is 13.8 Å². The Morgan fingerprint density at radius 3 is 2.41 bits per heavy atom. The van der Waals surface area contributed by atoms with Gasteiger partial charge >= 0.3 is 0 Å². The number of amides is 1. The molecule has 0 saturated heterocycles. The molecule has 17 heavy (non-hydrogen) atoms. The molecular weight excluding hydrogens is 210 g/mol. The Balaban J connectivity index is 2.35. The van der Waals surface area contributed by atoms with Crippen LogP contribution < -0.4 is 5.32 Å². The molecule has 1 heterocycles. The third-order valence-electron chi connectivity index (χ3n) is 4.57. The lowest BCUT2D eigenvalue weighted by atomic mass is 9.89. The van der Waals surface area contributed by atoms with Crippen LogP contribution in [0.25, 0.3) is 0 Å². The van der Waals surface area contributed by atoms with E-state index in [9.17, 15) is 4.79 Å². The molecule has 1 aromatic carbocycles. The molecule has 1 N–H and O–H groups in total. The van der Waals surface area contributed by atoms with Crippen LogP contribution in [0.5, 0.6) is 0 Å². The highest BCUT2D eigenvalue weighted by atomic mass is 16.1. The summed E-state index contributed by atoms with van der Waals surface area (Å²) >= 11 is 0. The normalized spacial score (nSPS) is 25.8. The summed E-state index contributed by atoms with van der Waals surface area (Å²) in [5, 5.41) is 3.08. The molecule has 0 spiro atoms. The highest BCUT2D eigenvalue weighted by Gasteiger charge is 2.35. The molecule has 0 fully saturated rings. The van der Waals surface area contributed by atoms with Crippen molar-refractivity contribution in [1.82, 2.24) is 0 Å². The van der Waals surface area contributed by atoms with Gasteiger partial charge in [-0.15, -0.1) is 0 Å². The van der Waals surface area contributed by atoms with E-state index in [1.165, 1.54) is 34.2 Å². The number of rotatable bonds is 0. The predicted molar refractivity (Wildman–Crippen MR) is 69.7 cm³/mol. The minimum atomic E-state index is 0.155. The van der Waals surface area contributed by atoms with Crippen LogP contribution in [-0.2, 0) is 11.2 Å². The summed E-state index contributed by atoms with van der Waals surface area (Å²) in [6.45, 7) is 8.95. The topological polar surface area (TPSA) is 29.1 Å². The van der Waals surface area contributed by atoms with Crippen molar-refractivity contribution in [2.45, 2.75) is 52.4 Å². The van der Waals surface area contributed by atoms with E-state index in [1.807, 2.05) is 0 Å². The molecule has 0 saturated carbocycles. The quantitative estimate of drug-likeness (QED) is 0.725. The van der Waals surface area contributed by atoms with Crippen LogP contribution >= 0.6 is 0 Å². The summed E-state index contributed by atoms with van der Waals surface area (Å²) in [7, 11) is 0. The molecule has 2 heteroatoms. The van der Waals surface area contributed by atoms with Crippen LogP contribution in [0.2, 0.25) is 0 Å². The number of anilines is 1. The minimum Gasteiger partial charge on any atom is -0.325 e. The first kappa shape index (κ1) is 10.8. The minimum absolute atomic E-state index is 0.155. The van der Waals surface area contributed by atoms with Crippen LogP contribution in [-0.4, -0.2) is 5.91 Å². The van der Waals surface area contributed by atoms with E-state index in [0.717, 1.165) is 5.69 Å². The zero-order valence-corrected chi connectivity index (χ0v) is 11.0. The molecule has 0 radical (unpaired) electrons. The van der Waals surface area contributed by atoms with Gasteiger partial charge in [0, 0.05) is 5.69 Å². The van der Waals surface area contributed by atoms with Crippen molar-refractivity contribution >= 4 is 11.6 Å². The summed E-state index contributed by atoms with van der Waals surface area (Å²) in [6.07, 6.45) is 1.78. The summed E-state index contributed by atoms with van der Waals surface area (Å²) in [6, 6.07) is 0. The van der Waals surface area contributed by atoms with Gasteiger partial charge in [0.2, 0.25) is 5.91 Å². The summed E-state index contributed by atoms with van der Waals surface area (Å²) in [5.41, 5.74) is 8.03. The molecule has 0 aromatic heterocycles. The van der Waals surface area contributed by atoms with E-state index >= 15 is 0 Å². The molecule has 3 rings (SSSR count). The van der Waals surface area contributed by atoms with Crippen molar-refractivity contribution in [3.63, 3.8) is 0 Å². The Labute approximate surface area is 102 Å². The predicted octanol–water partition coefficient (Wildman–Crippen LogP) is 3.41. The molecule has 1 aliphatic carbocycles. The zero-order valence-electron chi connectivity index (χ0n) is 11.0. The first-order chi connectivity index (χ1) is 8.00. The average molecular weight is 229 g/mol. The van der Waals surface area contributed by atoms with Gasteiger partial charge < -0.3 is 5.32 Å². The van der Waals surface area contributed by atoms with Crippen LogP contribution in [0, 0.1) is 13.8 Å². The van der Waals surface area contributed by atoms with Crippen molar-refractivity contribution in [2.24, 2.45) is 0 Å². The maximum atomic E-state index is 11.6. The fourth-order valence-corrected chi connectivity index (χ4v) is 3.74. The fourth-order valence-electron chi connectivity index (χ4n) is 3.74. The molecule has 2 atom stereocenters. The molecule has 0 bridgehead atoms. The number of benzene rings is 1. The van der Waals surface area contributed by atoms with Gasteiger partial charge in [0.25, 0.3) is 0 Å². The average Bonchev–Trinajstić information content (AvgIpc) is 2.76. The van der Waals surface area contributed by atoms with E-state index in [1.54, 1.807) is 0 Å². The lowest BCUT2D eigenvalue weighted by molar-refractivity contribution is -0.115. The second kappa shape index (κ2) is 3.34. The van der Waals surface area contributed by atoms with E-state index in [0.29, 0.717) is 18.3 Å². The molecule has 2 nitrogen and oxygen atoms in total. The molecule has 1 amide bonds. The van der Waals surface area contributed by atoms with Crippen molar-refractivity contribution in [1.29, 1.82) is 0 Å². The monoisotopic (exact) mass is 229 g/mol. The number of nitrogens with one attached hydrogen (secondary N) is 1. The van der Waals surface area contributed by atoms with Gasteiger partial charge in [-0.2, -0.15) is 0 Å². The van der Waals surface area contributed by atoms with Crippen molar-refractivity contribution in [3.05, 3.63) is 27.8 Å². The van der Waals surface area contributed by atoms with E-state index in [-0.39, 0.29) is 5.91 Å². The van der Waals surface area contributed by atoms with Gasteiger partial charge in [-0.25, -0.2) is 0 Å². The third kappa shape index (κ3) is 1.30. The Morgan fingerprint density at radius 2 is 1.71 bits per heavy atom. The number of hydrogen-bond donors (Lipinski definition) is 1. The molecular formula is C15H19NO. The Bertz CT molecular complexity index is 530. The second-order valence-electron chi connectivity index (χ2n) is 5.69. The van der Waals surface area contributed by atoms with Gasteiger partial charge in [0.05, 0.1) is 6.42 Å². The maximum absolute atomic E-state index is 11.6. The molecule has 2 aliphatic rings. The van der Waals surface area contributed by atoms with Crippen LogP contribution in [0.4, 0.5) is 5.69 Å². The van der Waals surface area contributed by atoms with Gasteiger partial charge in [-0.05, 0) is 59.9 Å². The van der Waals surface area contributed by atoms with Gasteiger partial charge in [0.15, 0.2) is 0 Å². The summed E-state index contributed by atoms with van der Waals surface area (Å²) in [5.74, 6) is 1.36. The van der Waals surface area contributed by atoms with Gasteiger partial charge in [0.1, 0.15) is 0 Å². The maximum Gasteiger partial charge on any atom is 0.228 e. The second-order valence-corrected chi connectivity index (χ2v) is 5.69. The summed E-state index contributed by atoms with van der Waals surface area (Å²) in [4.78, 5) is 11.6. The molecule has 1 aliphatic heterocycles. The van der Waals surface area contributed by atoms with Crippen molar-refractivity contribution in [2.75, 3.05) is 5.32 Å². The highest BCUT2D eigenvalue weighted by molar-refractivity contribution is 6.01. The summed E-state index contributed by atoms with van der Waals surface area (Å²) < 4.78 is 0. The number of carbonyl (C=O) groups is 1. The van der Waals surface area contributed by atoms with Crippen LogP contribution in [0.15, 0.2) is 0 Å². The Hall–Kier alpha value is -1.31. The van der Waals surface area contributed by atoms with Crippen molar-refractivity contribution < 1.29 is 4.79 Å². The zero-order chi connectivity index (χ0) is 12.3. The highest BCUT2D eigenvalue weighted by Crippen LogP contribution is 2.50. The van der Waals surface area contributed by atoms with Crippen LogP contribution in [0.1, 0.15) is 59.9 Å². The largest absolute Gasteiger partial charge is 0.325 e. The molecule has 90 valence electrons. The van der Waals surface area contributed by atoms with Crippen molar-refractivity contribution in [3.8, 4) is 0 Å². The van der Waals surface area contributed by atoms with Gasteiger partial charge in [-0.3, -0.25) is 4.79 Å². The Kier molecular flexibility index (Phi) is 2.13. The standard InChI is InChI=1S/C15H19NO/c1-7-5-8(2)14-13(7)10(4)9(3)11-6-12(17)16-15(11)14/h7-8H,5-6H2,1-4H3,(H,16,17)/t7-,8-/m0/s1. The SMILES string of the molecule is Cc1c(C)c2c(c3c1CC(=O)N3)[C@@H](C)C[C@@H]2C. The molecule has 1 aromatic rings. The van der Waals surface area contributed by atoms with Crippen LogP contribution in [0.3, 0.4) is 0 Å². The number of hydrogen-bond acceptors (Lipinski definition) is 1.